The van der Waals surface area contributed by atoms with E-state index in [1.54, 1.807) is 7.11 Å². The molecule has 0 bridgehead atoms. The Morgan fingerprint density at radius 2 is 2.18 bits per heavy atom. The van der Waals surface area contributed by atoms with E-state index in [-0.39, 0.29) is 18.0 Å². The van der Waals surface area contributed by atoms with Gasteiger partial charge in [-0.1, -0.05) is 6.42 Å². The molecule has 0 aromatic rings. The minimum atomic E-state index is -0.767. The van der Waals surface area contributed by atoms with Crippen LogP contribution in [-0.2, 0) is 9.53 Å². The van der Waals surface area contributed by atoms with Crippen LogP contribution in [0.3, 0.4) is 0 Å². The van der Waals surface area contributed by atoms with Crippen LogP contribution in [0.2, 0.25) is 0 Å². The van der Waals surface area contributed by atoms with Crippen LogP contribution in [0, 0.1) is 5.92 Å². The summed E-state index contributed by atoms with van der Waals surface area (Å²) >= 11 is 0. The van der Waals surface area contributed by atoms with Crippen molar-refractivity contribution in [2.24, 2.45) is 5.92 Å². The van der Waals surface area contributed by atoms with Crippen LogP contribution < -0.4 is 10.6 Å². The molecule has 0 radical (unpaired) electrons. The summed E-state index contributed by atoms with van der Waals surface area (Å²) in [5.41, 5.74) is 0. The fraction of sp³-hybridized carbons (Fsp3) is 0.818. The van der Waals surface area contributed by atoms with Crippen LogP contribution in [-0.4, -0.2) is 43.4 Å². The minimum absolute atomic E-state index is 0.0348. The standard InChI is InChI=1S/C11H20N2O4/c1-17-6-5-12-11(16)13-9-4-2-3-8(7-9)10(14)15/h8-9H,2-7H2,1H3,(H,14,15)(H2,12,13,16). The lowest BCUT2D eigenvalue weighted by Crippen LogP contribution is -2.45. The second-order valence-corrected chi connectivity index (χ2v) is 4.29. The molecule has 0 aliphatic heterocycles. The van der Waals surface area contributed by atoms with Crippen LogP contribution in [0.5, 0.6) is 0 Å². The first-order valence-electron chi connectivity index (χ1n) is 5.89. The zero-order chi connectivity index (χ0) is 12.7. The van der Waals surface area contributed by atoms with Gasteiger partial charge in [0.15, 0.2) is 0 Å². The highest BCUT2D eigenvalue weighted by Crippen LogP contribution is 2.24. The van der Waals surface area contributed by atoms with E-state index in [4.69, 9.17) is 9.84 Å². The van der Waals surface area contributed by atoms with Crippen molar-refractivity contribution in [1.82, 2.24) is 10.6 Å². The molecule has 0 saturated heterocycles. The Balaban J connectivity index is 2.26. The molecule has 1 aliphatic rings. The summed E-state index contributed by atoms with van der Waals surface area (Å²) in [6, 6.07) is -0.287. The average Bonchev–Trinajstić information content (AvgIpc) is 2.29. The van der Waals surface area contributed by atoms with Crippen molar-refractivity contribution in [3.05, 3.63) is 0 Å². The molecule has 2 amide bonds. The van der Waals surface area contributed by atoms with E-state index < -0.39 is 5.97 Å². The van der Waals surface area contributed by atoms with Crippen molar-refractivity contribution in [3.8, 4) is 0 Å². The molecule has 0 aromatic heterocycles. The molecule has 6 heteroatoms. The van der Waals surface area contributed by atoms with Crippen LogP contribution in [0.1, 0.15) is 25.7 Å². The van der Waals surface area contributed by atoms with Crippen molar-refractivity contribution in [3.63, 3.8) is 0 Å². The molecule has 1 saturated carbocycles. The lowest BCUT2D eigenvalue weighted by molar-refractivity contribution is -0.143. The Morgan fingerprint density at radius 1 is 1.41 bits per heavy atom. The molecule has 1 aliphatic carbocycles. The van der Waals surface area contributed by atoms with Gasteiger partial charge >= 0.3 is 12.0 Å². The second kappa shape index (κ2) is 7.11. The molecular formula is C11H20N2O4. The van der Waals surface area contributed by atoms with E-state index in [0.29, 0.717) is 26.0 Å². The number of amides is 2. The largest absolute Gasteiger partial charge is 0.481 e. The maximum atomic E-state index is 11.4. The number of carboxylic acids is 1. The number of carbonyl (C=O) groups is 2. The molecule has 2 unspecified atom stereocenters. The highest BCUT2D eigenvalue weighted by Gasteiger charge is 2.27. The minimum Gasteiger partial charge on any atom is -0.481 e. The van der Waals surface area contributed by atoms with E-state index in [9.17, 15) is 9.59 Å². The number of carboxylic acid groups (broad SMARTS) is 1. The van der Waals surface area contributed by atoms with Gasteiger partial charge in [0.1, 0.15) is 0 Å². The number of rotatable bonds is 5. The molecule has 98 valence electrons. The molecular weight excluding hydrogens is 224 g/mol. The summed E-state index contributed by atoms with van der Waals surface area (Å²) in [6.45, 7) is 0.924. The topological polar surface area (TPSA) is 87.7 Å². The van der Waals surface area contributed by atoms with E-state index in [2.05, 4.69) is 10.6 Å². The molecule has 1 rings (SSSR count). The SMILES string of the molecule is COCCNC(=O)NC1CCCC(C(=O)O)C1. The quantitative estimate of drug-likeness (QED) is 0.617. The van der Waals surface area contributed by atoms with Gasteiger partial charge in [0, 0.05) is 19.7 Å². The third-order valence-corrected chi connectivity index (χ3v) is 2.95. The van der Waals surface area contributed by atoms with Gasteiger partial charge in [-0.3, -0.25) is 4.79 Å². The number of aliphatic carboxylic acids is 1. The third-order valence-electron chi connectivity index (χ3n) is 2.95. The van der Waals surface area contributed by atoms with Crippen molar-refractivity contribution in [2.75, 3.05) is 20.3 Å². The highest BCUT2D eigenvalue weighted by molar-refractivity contribution is 5.74. The first-order valence-corrected chi connectivity index (χ1v) is 5.89. The number of carbonyl (C=O) groups excluding carboxylic acids is 1. The zero-order valence-electron chi connectivity index (χ0n) is 10.1. The summed E-state index contributed by atoms with van der Waals surface area (Å²) in [7, 11) is 1.57. The first kappa shape index (κ1) is 13.8. The number of methoxy groups -OCH3 is 1. The predicted octanol–water partition coefficient (Wildman–Crippen LogP) is 0.575. The summed E-state index contributed by atoms with van der Waals surface area (Å²) < 4.78 is 4.81. The molecule has 17 heavy (non-hydrogen) atoms. The Bertz CT molecular complexity index is 270. The van der Waals surface area contributed by atoms with Crippen LogP contribution >= 0.6 is 0 Å². The molecule has 0 spiro atoms. The van der Waals surface area contributed by atoms with Crippen molar-refractivity contribution in [1.29, 1.82) is 0 Å². The fourth-order valence-corrected chi connectivity index (χ4v) is 2.05. The van der Waals surface area contributed by atoms with Gasteiger partial charge in [-0.15, -0.1) is 0 Å². The number of hydrogen-bond acceptors (Lipinski definition) is 3. The van der Waals surface area contributed by atoms with Crippen LogP contribution in [0.4, 0.5) is 4.79 Å². The van der Waals surface area contributed by atoms with Crippen molar-refractivity contribution in [2.45, 2.75) is 31.7 Å². The van der Waals surface area contributed by atoms with Gasteiger partial charge in [0.05, 0.1) is 12.5 Å². The van der Waals surface area contributed by atoms with E-state index in [0.717, 1.165) is 12.8 Å². The molecule has 3 N–H and O–H groups in total. The van der Waals surface area contributed by atoms with Gasteiger partial charge in [-0.05, 0) is 19.3 Å². The molecule has 1 fully saturated rings. The third kappa shape index (κ3) is 5.04. The van der Waals surface area contributed by atoms with E-state index in [1.165, 1.54) is 0 Å². The van der Waals surface area contributed by atoms with Crippen LogP contribution in [0.15, 0.2) is 0 Å². The monoisotopic (exact) mass is 244 g/mol. The maximum Gasteiger partial charge on any atom is 0.315 e. The fourth-order valence-electron chi connectivity index (χ4n) is 2.05. The lowest BCUT2D eigenvalue weighted by atomic mass is 9.86. The highest BCUT2D eigenvalue weighted by atomic mass is 16.5. The molecule has 0 aromatic carbocycles. The number of urea groups is 1. The van der Waals surface area contributed by atoms with Crippen LogP contribution in [0.25, 0.3) is 0 Å². The zero-order valence-corrected chi connectivity index (χ0v) is 10.1. The second-order valence-electron chi connectivity index (χ2n) is 4.29. The van der Waals surface area contributed by atoms with E-state index in [1.807, 2.05) is 0 Å². The summed E-state index contributed by atoms with van der Waals surface area (Å²) in [5, 5.41) is 14.4. The number of hydrogen-bond donors (Lipinski definition) is 3. The normalized spacial score (nSPS) is 24.1. The average molecular weight is 244 g/mol. The smallest absolute Gasteiger partial charge is 0.315 e. The summed E-state index contributed by atoms with van der Waals surface area (Å²) in [4.78, 5) is 22.3. The maximum absolute atomic E-state index is 11.4. The molecule has 6 nitrogen and oxygen atoms in total. The van der Waals surface area contributed by atoms with Gasteiger partial charge in [-0.2, -0.15) is 0 Å². The van der Waals surface area contributed by atoms with Gasteiger partial charge in [-0.25, -0.2) is 4.79 Å². The van der Waals surface area contributed by atoms with Crippen molar-refractivity contribution >= 4 is 12.0 Å². The lowest BCUT2D eigenvalue weighted by Gasteiger charge is -2.27. The number of nitrogens with one attached hydrogen (secondary N) is 2. The first-order chi connectivity index (χ1) is 8.13. The van der Waals surface area contributed by atoms with Gasteiger partial charge in [0.2, 0.25) is 0 Å². The van der Waals surface area contributed by atoms with E-state index >= 15 is 0 Å². The Labute approximate surface area is 101 Å². The Kier molecular flexibility index (Phi) is 5.76. The Hall–Kier alpha value is -1.30. The summed E-state index contributed by atoms with van der Waals surface area (Å²) in [6.07, 6.45) is 2.92. The Morgan fingerprint density at radius 3 is 2.82 bits per heavy atom. The van der Waals surface area contributed by atoms with Gasteiger partial charge < -0.3 is 20.5 Å². The summed E-state index contributed by atoms with van der Waals surface area (Å²) in [5.74, 6) is -1.09. The molecule has 2 atom stereocenters. The molecule has 0 heterocycles. The predicted molar refractivity (Wildman–Crippen MR) is 61.8 cm³/mol. The van der Waals surface area contributed by atoms with Gasteiger partial charge in [0.25, 0.3) is 0 Å². The van der Waals surface area contributed by atoms with Crippen molar-refractivity contribution < 1.29 is 19.4 Å². The number of ether oxygens (including phenoxy) is 1.